The molecular weight excluding hydrogens is 250 g/mol. The predicted molar refractivity (Wildman–Crippen MR) is 69.7 cm³/mol. The lowest BCUT2D eigenvalue weighted by atomic mass is 10.1. The summed E-state index contributed by atoms with van der Waals surface area (Å²) in [5.74, 6) is 0.474. The zero-order chi connectivity index (χ0) is 13.2. The molecule has 0 radical (unpaired) electrons. The molecule has 18 heavy (non-hydrogen) atoms. The van der Waals surface area contributed by atoms with Crippen LogP contribution < -0.4 is 0 Å². The van der Waals surface area contributed by atoms with Gasteiger partial charge in [-0.25, -0.2) is 0 Å². The maximum atomic E-state index is 10.7. The molecule has 2 bridgehead atoms. The van der Waals surface area contributed by atoms with Crippen molar-refractivity contribution in [3.63, 3.8) is 0 Å². The Morgan fingerprint density at radius 1 is 1.28 bits per heavy atom. The number of hydrogen-bond acceptors (Lipinski definition) is 3. The van der Waals surface area contributed by atoms with E-state index < -0.39 is 15.4 Å². The van der Waals surface area contributed by atoms with Crippen LogP contribution in [0.3, 0.4) is 0 Å². The molecule has 1 heterocycles. The standard InChI is InChI=1S/C7H10O3S.C6H7N/c8-11(9,10)7-4-5-1-2-6(7)3-5;1-6-4-2-3-5-7-6/h1-2,5-7H,3-4H2,(H,8,9,10);2-5H,1H3. The molecule has 1 aromatic rings. The largest absolute Gasteiger partial charge is 0.285 e. The average Bonchev–Trinajstić information content (AvgIpc) is 2.91. The van der Waals surface area contributed by atoms with Gasteiger partial charge in [0.15, 0.2) is 0 Å². The normalized spacial score (nSPS) is 28.9. The van der Waals surface area contributed by atoms with E-state index >= 15 is 0 Å². The van der Waals surface area contributed by atoms with E-state index in [4.69, 9.17) is 4.55 Å². The summed E-state index contributed by atoms with van der Waals surface area (Å²) < 4.78 is 30.3. The first-order chi connectivity index (χ1) is 8.47. The SMILES string of the molecule is Cc1ccccn1.O=S(=O)(O)C1CC2C=CC1C2. The smallest absolute Gasteiger partial charge is 0.268 e. The molecule has 98 valence electrons. The highest BCUT2D eigenvalue weighted by molar-refractivity contribution is 7.86. The van der Waals surface area contributed by atoms with E-state index in [1.54, 1.807) is 6.20 Å². The van der Waals surface area contributed by atoms with Crippen LogP contribution in [-0.2, 0) is 10.1 Å². The third-order valence-electron chi connectivity index (χ3n) is 3.41. The van der Waals surface area contributed by atoms with Crippen molar-refractivity contribution in [1.82, 2.24) is 4.98 Å². The Morgan fingerprint density at radius 2 is 2.06 bits per heavy atom. The van der Waals surface area contributed by atoms with E-state index in [2.05, 4.69) is 4.98 Å². The van der Waals surface area contributed by atoms with Gasteiger partial charge < -0.3 is 0 Å². The van der Waals surface area contributed by atoms with Crippen molar-refractivity contribution in [1.29, 1.82) is 0 Å². The van der Waals surface area contributed by atoms with Gasteiger partial charge in [0.05, 0.1) is 5.25 Å². The van der Waals surface area contributed by atoms with Crippen LogP contribution >= 0.6 is 0 Å². The Labute approximate surface area is 108 Å². The number of fused-ring (bicyclic) bond motifs is 2. The number of allylic oxidation sites excluding steroid dienone is 2. The lowest BCUT2D eigenvalue weighted by molar-refractivity contribution is 0.455. The van der Waals surface area contributed by atoms with Crippen molar-refractivity contribution >= 4 is 10.1 Å². The number of hydrogen-bond donors (Lipinski definition) is 1. The van der Waals surface area contributed by atoms with Crippen molar-refractivity contribution in [2.45, 2.75) is 25.0 Å². The van der Waals surface area contributed by atoms with Crippen LogP contribution in [0.25, 0.3) is 0 Å². The molecule has 3 atom stereocenters. The van der Waals surface area contributed by atoms with E-state index in [0.29, 0.717) is 12.3 Å². The van der Waals surface area contributed by atoms with E-state index in [0.717, 1.165) is 12.1 Å². The van der Waals surface area contributed by atoms with Crippen LogP contribution in [0.5, 0.6) is 0 Å². The molecule has 0 aromatic carbocycles. The summed E-state index contributed by atoms with van der Waals surface area (Å²) in [6.07, 6.45) is 7.26. The Hall–Kier alpha value is -1.20. The second-order valence-electron chi connectivity index (χ2n) is 4.80. The summed E-state index contributed by atoms with van der Waals surface area (Å²) in [4.78, 5) is 3.98. The Morgan fingerprint density at radius 3 is 2.33 bits per heavy atom. The van der Waals surface area contributed by atoms with Gasteiger partial charge in [-0.05, 0) is 43.7 Å². The molecule has 3 unspecified atom stereocenters. The summed E-state index contributed by atoms with van der Waals surface area (Å²) in [5, 5.41) is -0.516. The quantitative estimate of drug-likeness (QED) is 0.626. The Bertz CT molecular complexity index is 524. The van der Waals surface area contributed by atoms with Crippen molar-refractivity contribution < 1.29 is 13.0 Å². The number of nitrogens with zero attached hydrogens (tertiary/aromatic N) is 1. The van der Waals surface area contributed by atoms with Gasteiger partial charge >= 0.3 is 0 Å². The maximum absolute atomic E-state index is 10.7. The monoisotopic (exact) mass is 267 g/mol. The molecule has 1 fully saturated rings. The van der Waals surface area contributed by atoms with Crippen molar-refractivity contribution in [3.8, 4) is 0 Å². The van der Waals surface area contributed by atoms with E-state index in [1.165, 1.54) is 0 Å². The van der Waals surface area contributed by atoms with Gasteiger partial charge in [-0.2, -0.15) is 8.42 Å². The van der Waals surface area contributed by atoms with Crippen molar-refractivity contribution in [2.24, 2.45) is 11.8 Å². The minimum absolute atomic E-state index is 0.0787. The summed E-state index contributed by atoms with van der Waals surface area (Å²) in [6, 6.07) is 5.86. The second-order valence-corrected chi connectivity index (χ2v) is 6.44. The predicted octanol–water partition coefficient (Wildman–Crippen LogP) is 2.23. The fraction of sp³-hybridized carbons (Fsp3) is 0.462. The molecular formula is C13H17NO3S. The fourth-order valence-corrected chi connectivity index (χ4v) is 3.65. The molecule has 0 saturated heterocycles. The molecule has 0 spiro atoms. The third kappa shape index (κ3) is 3.17. The van der Waals surface area contributed by atoms with Gasteiger partial charge in [-0.3, -0.25) is 9.54 Å². The Balaban J connectivity index is 0.000000149. The van der Waals surface area contributed by atoms with Crippen LogP contribution in [-0.4, -0.2) is 23.2 Å². The topological polar surface area (TPSA) is 67.3 Å². The first-order valence-electron chi connectivity index (χ1n) is 5.99. The number of aromatic nitrogens is 1. The van der Waals surface area contributed by atoms with Gasteiger partial charge in [0, 0.05) is 11.9 Å². The first kappa shape index (κ1) is 13.2. The minimum atomic E-state index is -3.78. The Kier molecular flexibility index (Phi) is 3.82. The molecule has 1 N–H and O–H groups in total. The zero-order valence-corrected chi connectivity index (χ0v) is 11.0. The van der Waals surface area contributed by atoms with Crippen LogP contribution in [0.1, 0.15) is 18.5 Å². The molecule has 1 saturated carbocycles. The zero-order valence-electron chi connectivity index (χ0n) is 10.2. The van der Waals surface area contributed by atoms with Crippen LogP contribution in [0, 0.1) is 18.8 Å². The summed E-state index contributed by atoms with van der Waals surface area (Å²) >= 11 is 0. The van der Waals surface area contributed by atoms with E-state index in [9.17, 15) is 8.42 Å². The highest BCUT2D eigenvalue weighted by Crippen LogP contribution is 2.41. The third-order valence-corrected chi connectivity index (χ3v) is 4.72. The molecule has 0 amide bonds. The lowest BCUT2D eigenvalue weighted by Crippen LogP contribution is -2.24. The highest BCUT2D eigenvalue weighted by atomic mass is 32.2. The summed E-state index contributed by atoms with van der Waals surface area (Å²) in [6.45, 7) is 1.97. The van der Waals surface area contributed by atoms with Crippen molar-refractivity contribution in [3.05, 3.63) is 42.2 Å². The molecule has 2 aliphatic rings. The number of pyridine rings is 1. The van der Waals surface area contributed by atoms with Crippen LogP contribution in [0.4, 0.5) is 0 Å². The summed E-state index contributed by atoms with van der Waals surface area (Å²) in [7, 11) is -3.78. The van der Waals surface area contributed by atoms with Gasteiger partial charge in [0.25, 0.3) is 10.1 Å². The van der Waals surface area contributed by atoms with Crippen LogP contribution in [0.2, 0.25) is 0 Å². The fourth-order valence-electron chi connectivity index (χ4n) is 2.52. The van der Waals surface area contributed by atoms with Gasteiger partial charge in [0.2, 0.25) is 0 Å². The minimum Gasteiger partial charge on any atom is -0.285 e. The number of rotatable bonds is 1. The van der Waals surface area contributed by atoms with Gasteiger partial charge in [-0.1, -0.05) is 18.2 Å². The molecule has 3 rings (SSSR count). The van der Waals surface area contributed by atoms with Crippen molar-refractivity contribution in [2.75, 3.05) is 0 Å². The lowest BCUT2D eigenvalue weighted by Gasteiger charge is -2.13. The van der Waals surface area contributed by atoms with E-state index in [1.807, 2.05) is 37.3 Å². The van der Waals surface area contributed by atoms with E-state index in [-0.39, 0.29) is 5.92 Å². The highest BCUT2D eigenvalue weighted by Gasteiger charge is 2.42. The average molecular weight is 267 g/mol. The second kappa shape index (κ2) is 5.20. The van der Waals surface area contributed by atoms with Gasteiger partial charge in [0.1, 0.15) is 0 Å². The molecule has 0 aliphatic heterocycles. The maximum Gasteiger partial charge on any atom is 0.268 e. The molecule has 5 heteroatoms. The molecule has 4 nitrogen and oxygen atoms in total. The van der Waals surface area contributed by atoms with Gasteiger partial charge in [-0.15, -0.1) is 0 Å². The molecule has 1 aromatic heterocycles. The van der Waals surface area contributed by atoms with Crippen LogP contribution in [0.15, 0.2) is 36.5 Å². The first-order valence-corrected chi connectivity index (χ1v) is 7.49. The molecule has 2 aliphatic carbocycles. The number of aryl methyl sites for hydroxylation is 1. The summed E-state index contributed by atoms with van der Waals surface area (Å²) in [5.41, 5.74) is 1.07.